The van der Waals surface area contributed by atoms with Gasteiger partial charge in [0.15, 0.2) is 6.29 Å². The normalized spacial score (nSPS) is 9.67. The summed E-state index contributed by atoms with van der Waals surface area (Å²) in [7, 11) is 0. The van der Waals surface area contributed by atoms with Gasteiger partial charge in [-0.2, -0.15) is 0 Å². The van der Waals surface area contributed by atoms with Crippen LogP contribution in [0.4, 0.5) is 0 Å². The minimum absolute atomic E-state index is 0.0705. The minimum atomic E-state index is -0.920. The number of aldehydes is 1. The molecule has 1 rings (SSSR count). The van der Waals surface area contributed by atoms with Crippen LogP contribution in [0.2, 0.25) is 0 Å². The molecule has 4 heteroatoms. The van der Waals surface area contributed by atoms with Crippen molar-refractivity contribution in [3.8, 4) is 5.75 Å². The van der Waals surface area contributed by atoms with Gasteiger partial charge in [0.2, 0.25) is 0 Å². The van der Waals surface area contributed by atoms with Crippen molar-refractivity contribution in [2.24, 2.45) is 0 Å². The van der Waals surface area contributed by atoms with Crippen LogP contribution in [0, 0.1) is 6.92 Å². The fourth-order valence-corrected chi connectivity index (χ4v) is 1.21. The van der Waals surface area contributed by atoms with Gasteiger partial charge in [-0.25, -0.2) is 0 Å². The highest BCUT2D eigenvalue weighted by molar-refractivity contribution is 5.80. The highest BCUT2D eigenvalue weighted by Crippen LogP contribution is 2.21. The number of aryl methyl sites for hydroxylation is 1. The van der Waals surface area contributed by atoms with Crippen LogP contribution in [-0.4, -0.2) is 24.0 Å². The standard InChI is InChI=1S/C11H12O4/c1-8-3-2-4-9(7-12)11(8)15-6-5-10(13)14/h2-4,7H,5-6H2,1H3,(H,13,14). The molecule has 0 aliphatic heterocycles. The monoisotopic (exact) mass is 208 g/mol. The fraction of sp³-hybridized carbons (Fsp3) is 0.273. The van der Waals surface area contributed by atoms with E-state index in [1.807, 2.05) is 13.0 Å². The highest BCUT2D eigenvalue weighted by Gasteiger charge is 2.06. The molecule has 4 nitrogen and oxygen atoms in total. The van der Waals surface area contributed by atoms with Crippen LogP contribution in [0.1, 0.15) is 22.3 Å². The number of para-hydroxylation sites is 1. The third kappa shape index (κ3) is 3.09. The summed E-state index contributed by atoms with van der Waals surface area (Å²) in [5.41, 5.74) is 1.27. The molecule has 0 aliphatic rings. The van der Waals surface area contributed by atoms with Gasteiger partial charge in [-0.15, -0.1) is 0 Å². The van der Waals surface area contributed by atoms with Crippen LogP contribution in [0.3, 0.4) is 0 Å². The Morgan fingerprint density at radius 1 is 1.53 bits per heavy atom. The Morgan fingerprint density at radius 3 is 2.87 bits per heavy atom. The maximum absolute atomic E-state index is 10.7. The number of aliphatic carboxylic acids is 1. The first-order chi connectivity index (χ1) is 7.15. The lowest BCUT2D eigenvalue weighted by atomic mass is 10.1. The average Bonchev–Trinajstić information content (AvgIpc) is 2.20. The van der Waals surface area contributed by atoms with Crippen molar-refractivity contribution in [2.45, 2.75) is 13.3 Å². The lowest BCUT2D eigenvalue weighted by Crippen LogP contribution is -2.06. The molecule has 0 radical (unpaired) electrons. The van der Waals surface area contributed by atoms with Crippen molar-refractivity contribution in [1.29, 1.82) is 0 Å². The zero-order valence-electron chi connectivity index (χ0n) is 8.40. The van der Waals surface area contributed by atoms with Crippen LogP contribution in [-0.2, 0) is 4.79 Å². The predicted octanol–water partition coefficient (Wildman–Crippen LogP) is 1.66. The van der Waals surface area contributed by atoms with Gasteiger partial charge >= 0.3 is 5.97 Å². The summed E-state index contributed by atoms with van der Waals surface area (Å²) >= 11 is 0. The molecule has 15 heavy (non-hydrogen) atoms. The molecular weight excluding hydrogens is 196 g/mol. The Labute approximate surface area is 87.5 Å². The van der Waals surface area contributed by atoms with Gasteiger partial charge < -0.3 is 9.84 Å². The van der Waals surface area contributed by atoms with Crippen LogP contribution in [0.5, 0.6) is 5.75 Å². The van der Waals surface area contributed by atoms with E-state index in [9.17, 15) is 9.59 Å². The van der Waals surface area contributed by atoms with Gasteiger partial charge in [-0.1, -0.05) is 12.1 Å². The molecule has 0 aliphatic carbocycles. The van der Waals surface area contributed by atoms with Crippen molar-refractivity contribution in [2.75, 3.05) is 6.61 Å². The Balaban J connectivity index is 2.74. The molecule has 1 aromatic rings. The largest absolute Gasteiger partial charge is 0.492 e. The van der Waals surface area contributed by atoms with Gasteiger partial charge in [0, 0.05) is 0 Å². The molecule has 0 saturated carbocycles. The molecule has 1 aromatic carbocycles. The highest BCUT2D eigenvalue weighted by atomic mass is 16.5. The van der Waals surface area contributed by atoms with Crippen molar-refractivity contribution in [1.82, 2.24) is 0 Å². The summed E-state index contributed by atoms with van der Waals surface area (Å²) in [6.07, 6.45) is 0.621. The van der Waals surface area contributed by atoms with E-state index in [1.165, 1.54) is 0 Å². The first-order valence-electron chi connectivity index (χ1n) is 4.54. The zero-order chi connectivity index (χ0) is 11.3. The maximum Gasteiger partial charge on any atom is 0.306 e. The van der Waals surface area contributed by atoms with Crippen molar-refractivity contribution in [3.05, 3.63) is 29.3 Å². The molecule has 0 bridgehead atoms. The van der Waals surface area contributed by atoms with Gasteiger partial charge in [0.25, 0.3) is 0 Å². The number of carbonyl (C=O) groups excluding carboxylic acids is 1. The van der Waals surface area contributed by atoms with Crippen LogP contribution in [0.15, 0.2) is 18.2 Å². The average molecular weight is 208 g/mol. The van der Waals surface area contributed by atoms with Gasteiger partial charge in [-0.05, 0) is 18.6 Å². The third-order valence-electron chi connectivity index (χ3n) is 1.93. The van der Waals surface area contributed by atoms with E-state index in [-0.39, 0.29) is 13.0 Å². The van der Waals surface area contributed by atoms with Gasteiger partial charge in [0.05, 0.1) is 18.6 Å². The Morgan fingerprint density at radius 2 is 2.27 bits per heavy atom. The quantitative estimate of drug-likeness (QED) is 0.747. The number of carboxylic acids is 1. The Kier molecular flexibility index (Phi) is 3.85. The number of hydrogen-bond acceptors (Lipinski definition) is 3. The SMILES string of the molecule is Cc1cccc(C=O)c1OCCC(=O)O. The van der Waals surface area contributed by atoms with E-state index in [1.54, 1.807) is 12.1 Å². The van der Waals surface area contributed by atoms with E-state index in [2.05, 4.69) is 0 Å². The second-order valence-electron chi connectivity index (χ2n) is 3.10. The minimum Gasteiger partial charge on any atom is -0.492 e. The number of carbonyl (C=O) groups is 2. The van der Waals surface area contributed by atoms with Crippen LogP contribution in [0.25, 0.3) is 0 Å². The number of carboxylic acid groups (broad SMARTS) is 1. The molecular formula is C11H12O4. The van der Waals surface area contributed by atoms with Gasteiger partial charge in [-0.3, -0.25) is 9.59 Å². The molecule has 0 fully saturated rings. The van der Waals surface area contributed by atoms with E-state index < -0.39 is 5.97 Å². The summed E-state index contributed by atoms with van der Waals surface area (Å²) in [6, 6.07) is 5.20. The molecule has 0 saturated heterocycles. The van der Waals surface area contributed by atoms with E-state index >= 15 is 0 Å². The number of benzene rings is 1. The number of rotatable bonds is 5. The smallest absolute Gasteiger partial charge is 0.306 e. The second-order valence-corrected chi connectivity index (χ2v) is 3.10. The third-order valence-corrected chi connectivity index (χ3v) is 1.93. The summed E-state index contributed by atoms with van der Waals surface area (Å²) in [6.45, 7) is 1.88. The molecule has 0 heterocycles. The Bertz CT molecular complexity index is 371. The van der Waals surface area contributed by atoms with Crippen LogP contribution < -0.4 is 4.74 Å². The topological polar surface area (TPSA) is 63.6 Å². The summed E-state index contributed by atoms with van der Waals surface area (Å²) in [5, 5.41) is 8.44. The molecule has 0 spiro atoms. The zero-order valence-corrected chi connectivity index (χ0v) is 8.40. The van der Waals surface area contributed by atoms with Crippen molar-refractivity contribution in [3.63, 3.8) is 0 Å². The lowest BCUT2D eigenvalue weighted by Gasteiger charge is -2.09. The van der Waals surface area contributed by atoms with E-state index in [0.717, 1.165) is 5.56 Å². The molecule has 0 amide bonds. The fourth-order valence-electron chi connectivity index (χ4n) is 1.21. The van der Waals surface area contributed by atoms with E-state index in [0.29, 0.717) is 17.6 Å². The number of ether oxygens (including phenoxy) is 1. The second kappa shape index (κ2) is 5.14. The molecule has 1 N–H and O–H groups in total. The lowest BCUT2D eigenvalue weighted by molar-refractivity contribution is -0.137. The van der Waals surface area contributed by atoms with Crippen molar-refractivity contribution < 1.29 is 19.4 Å². The van der Waals surface area contributed by atoms with Gasteiger partial charge in [0.1, 0.15) is 5.75 Å². The number of hydrogen-bond donors (Lipinski definition) is 1. The summed E-state index contributed by atoms with van der Waals surface area (Å²) in [4.78, 5) is 21.0. The summed E-state index contributed by atoms with van der Waals surface area (Å²) < 4.78 is 5.26. The maximum atomic E-state index is 10.7. The molecule has 0 unspecified atom stereocenters. The molecule has 0 atom stereocenters. The first kappa shape index (κ1) is 11.2. The predicted molar refractivity (Wildman–Crippen MR) is 54.3 cm³/mol. The summed E-state index contributed by atoms with van der Waals surface area (Å²) in [5.74, 6) is -0.454. The molecule has 80 valence electrons. The Hall–Kier alpha value is -1.84. The van der Waals surface area contributed by atoms with Crippen LogP contribution >= 0.6 is 0 Å². The van der Waals surface area contributed by atoms with E-state index in [4.69, 9.17) is 9.84 Å². The van der Waals surface area contributed by atoms with Crippen molar-refractivity contribution >= 4 is 12.3 Å². The first-order valence-corrected chi connectivity index (χ1v) is 4.54. The molecule has 0 aromatic heterocycles.